The number of alkyl halides is 2. The molecule has 3 saturated carbocycles. The van der Waals surface area contributed by atoms with E-state index >= 15 is 0 Å². The van der Waals surface area contributed by atoms with Crippen molar-refractivity contribution in [2.45, 2.75) is 75.3 Å². The topological polar surface area (TPSA) is 140 Å². The largest absolute Gasteiger partial charge is 0.477 e. The van der Waals surface area contributed by atoms with E-state index in [1.165, 1.54) is 60.8 Å². The Morgan fingerprint density at radius 2 is 1.89 bits per heavy atom. The van der Waals surface area contributed by atoms with Crippen LogP contribution < -0.4 is 20.1 Å². The molecule has 3 aromatic heterocycles. The molecule has 1 aliphatic heterocycles. The van der Waals surface area contributed by atoms with Gasteiger partial charge in [0.15, 0.2) is 10.8 Å². The lowest BCUT2D eigenvalue weighted by molar-refractivity contribution is -0.00781. The van der Waals surface area contributed by atoms with Crippen LogP contribution in [0.4, 0.5) is 14.6 Å². The van der Waals surface area contributed by atoms with Gasteiger partial charge in [0.25, 0.3) is 21.9 Å². The highest BCUT2D eigenvalue weighted by atomic mass is 32.2. The molecule has 7 rings (SSSR count). The van der Waals surface area contributed by atoms with Gasteiger partial charge >= 0.3 is 0 Å². The number of hydrogen-bond acceptors (Lipinski definition) is 9. The number of nitrogens with one attached hydrogen (secondary N) is 3. The number of sulfonamides is 1. The van der Waals surface area contributed by atoms with Gasteiger partial charge in [0.05, 0.1) is 18.7 Å². The first-order chi connectivity index (χ1) is 21.8. The third kappa shape index (κ3) is 6.08. The summed E-state index contributed by atoms with van der Waals surface area (Å²) in [5, 5.41) is 9.72. The van der Waals surface area contributed by atoms with Crippen LogP contribution in [-0.4, -0.2) is 65.2 Å². The van der Waals surface area contributed by atoms with Crippen LogP contribution >= 0.6 is 0 Å². The maximum atomic E-state index is 14.7. The number of carbonyl (C=O) groups excluding carboxylic acids is 1. The monoisotopic (exact) mass is 655 g/mol. The number of carbonyl (C=O) groups is 1. The van der Waals surface area contributed by atoms with E-state index in [0.717, 1.165) is 12.3 Å². The molecule has 46 heavy (non-hydrogen) atoms. The van der Waals surface area contributed by atoms with Gasteiger partial charge in [0.2, 0.25) is 5.88 Å². The molecule has 3 aliphatic carbocycles. The summed E-state index contributed by atoms with van der Waals surface area (Å²) in [5.41, 5.74) is 1.13. The molecule has 0 bridgehead atoms. The van der Waals surface area contributed by atoms with Crippen LogP contribution in [0.1, 0.15) is 69.2 Å². The molecular formula is C32H39F2N7O4S. The van der Waals surface area contributed by atoms with Crippen molar-refractivity contribution in [3.05, 3.63) is 54.4 Å². The molecule has 0 aromatic carbocycles. The number of amides is 1. The maximum absolute atomic E-state index is 14.7. The van der Waals surface area contributed by atoms with Crippen LogP contribution in [-0.2, 0) is 10.0 Å². The molecule has 1 amide bonds. The van der Waals surface area contributed by atoms with Gasteiger partial charge in [-0.3, -0.25) is 4.79 Å². The van der Waals surface area contributed by atoms with Crippen molar-refractivity contribution in [2.75, 3.05) is 25.0 Å². The minimum absolute atomic E-state index is 0.00176. The molecule has 4 heterocycles. The maximum Gasteiger partial charge on any atom is 0.281 e. The Morgan fingerprint density at radius 3 is 2.54 bits per heavy atom. The predicted molar refractivity (Wildman–Crippen MR) is 165 cm³/mol. The zero-order valence-corrected chi connectivity index (χ0v) is 26.7. The van der Waals surface area contributed by atoms with E-state index in [9.17, 15) is 22.0 Å². The summed E-state index contributed by atoms with van der Waals surface area (Å²) in [6.45, 7) is 4.42. The van der Waals surface area contributed by atoms with E-state index in [2.05, 4.69) is 25.7 Å². The highest BCUT2D eigenvalue weighted by molar-refractivity contribution is 7.90. The molecule has 14 heteroatoms. The molecule has 2 spiro atoms. The number of hydrogen-bond donors (Lipinski definition) is 3. The zero-order chi connectivity index (χ0) is 32.4. The van der Waals surface area contributed by atoms with E-state index in [1.807, 2.05) is 18.6 Å². The van der Waals surface area contributed by atoms with Crippen molar-refractivity contribution in [3.63, 3.8) is 0 Å². The molecule has 4 aliphatic rings. The smallest absolute Gasteiger partial charge is 0.281 e. The van der Waals surface area contributed by atoms with E-state index in [0.29, 0.717) is 42.1 Å². The average molecular weight is 656 g/mol. The predicted octanol–water partition coefficient (Wildman–Crippen LogP) is 4.57. The molecular weight excluding hydrogens is 616 g/mol. The van der Waals surface area contributed by atoms with E-state index < -0.39 is 33.4 Å². The molecule has 1 atom stereocenters. The second-order valence-corrected chi connectivity index (χ2v) is 15.7. The van der Waals surface area contributed by atoms with Crippen LogP contribution in [0.2, 0.25) is 0 Å². The van der Waals surface area contributed by atoms with E-state index in [4.69, 9.17) is 4.74 Å². The van der Waals surface area contributed by atoms with Gasteiger partial charge in [-0.2, -0.15) is 8.42 Å². The van der Waals surface area contributed by atoms with Crippen LogP contribution in [0.15, 0.2) is 53.8 Å². The van der Waals surface area contributed by atoms with Gasteiger partial charge < -0.3 is 15.4 Å². The van der Waals surface area contributed by atoms with Crippen molar-refractivity contribution < 1.29 is 26.7 Å². The highest BCUT2D eigenvalue weighted by Crippen LogP contribution is 2.93. The van der Waals surface area contributed by atoms with Crippen LogP contribution in [0.5, 0.6) is 5.88 Å². The highest BCUT2D eigenvalue weighted by Gasteiger charge is 2.85. The summed E-state index contributed by atoms with van der Waals surface area (Å²) in [5.74, 6) is -2.41. The van der Waals surface area contributed by atoms with Gasteiger partial charge in [-0.1, -0.05) is 6.07 Å². The second-order valence-electron chi connectivity index (χ2n) is 14.0. The molecule has 3 aromatic rings. The van der Waals surface area contributed by atoms with Crippen LogP contribution in [0.3, 0.4) is 0 Å². The number of anilines is 1. The molecule has 246 valence electrons. The molecule has 0 radical (unpaired) electrons. The number of aromatic nitrogens is 4. The Morgan fingerprint density at radius 1 is 1.13 bits per heavy atom. The summed E-state index contributed by atoms with van der Waals surface area (Å²) >= 11 is 0. The average Bonchev–Trinajstić information content (AvgIpc) is 3.96. The second kappa shape index (κ2) is 11.0. The fourth-order valence-corrected chi connectivity index (χ4v) is 8.79. The summed E-state index contributed by atoms with van der Waals surface area (Å²) in [6.07, 6.45) is 9.86. The molecule has 4 fully saturated rings. The van der Waals surface area contributed by atoms with Crippen molar-refractivity contribution >= 4 is 21.7 Å². The Kier molecular flexibility index (Phi) is 7.38. The van der Waals surface area contributed by atoms with Crippen molar-refractivity contribution in [1.82, 2.24) is 29.8 Å². The number of halogens is 2. The molecule has 1 unspecified atom stereocenters. The van der Waals surface area contributed by atoms with Crippen molar-refractivity contribution in [1.29, 1.82) is 0 Å². The lowest BCUT2D eigenvalue weighted by atomic mass is 9.92. The first kappa shape index (κ1) is 31.0. The minimum atomic E-state index is -4.40. The number of ether oxygens (including phenoxy) is 1. The Balaban J connectivity index is 0.908. The molecule has 1 saturated heterocycles. The third-order valence-electron chi connectivity index (χ3n) is 10.3. The third-order valence-corrected chi connectivity index (χ3v) is 11.5. The first-order valence-corrected chi connectivity index (χ1v) is 17.3. The summed E-state index contributed by atoms with van der Waals surface area (Å²) in [7, 11) is -4.40. The number of fused-ring (bicyclic) bond motifs is 1. The van der Waals surface area contributed by atoms with E-state index in [-0.39, 0.29) is 29.3 Å². The van der Waals surface area contributed by atoms with Gasteiger partial charge in [-0.05, 0) is 106 Å². The van der Waals surface area contributed by atoms with Gasteiger partial charge in [-0.15, -0.1) is 5.10 Å². The number of pyridine rings is 2. The molecule has 3 N–H and O–H groups in total. The Labute approximate surface area is 267 Å². The zero-order valence-electron chi connectivity index (χ0n) is 25.9. The number of nitrogens with zero attached hydrogens (tertiary/aromatic N) is 4. The standard InChI is InChI=1S/C32H39F2N7O4S/c1-29(2)16-21(18-37-29)17-32(33,34)20-36-24-4-3-5-27(38-24)46(43,44)40-28(42)22-6-7-25(35-19-22)41-14-8-26(39-41)45-15-9-23-30(10-11-30)31(23)12-13-31/h3-8,14,19,21,23,37H,9-13,15-18,20H2,1-2H3,(H,36,38)(H,40,42). The first-order valence-electron chi connectivity index (χ1n) is 15.9. The van der Waals surface area contributed by atoms with Crippen molar-refractivity contribution in [2.24, 2.45) is 22.7 Å². The quantitative estimate of drug-likeness (QED) is 0.242. The van der Waals surface area contributed by atoms with Crippen molar-refractivity contribution in [3.8, 4) is 11.7 Å². The minimum Gasteiger partial charge on any atom is -0.477 e. The normalized spacial score (nSPS) is 22.1. The lowest BCUT2D eigenvalue weighted by Crippen LogP contribution is -2.32. The summed E-state index contributed by atoms with van der Waals surface area (Å²) < 4.78 is 64.6. The Hall–Kier alpha value is -3.65. The summed E-state index contributed by atoms with van der Waals surface area (Å²) in [6, 6.07) is 8.68. The van der Waals surface area contributed by atoms with E-state index in [1.54, 1.807) is 18.3 Å². The van der Waals surface area contributed by atoms with Gasteiger partial charge in [-0.25, -0.2) is 28.2 Å². The number of rotatable bonds is 13. The summed E-state index contributed by atoms with van der Waals surface area (Å²) in [4.78, 5) is 21.0. The SMILES string of the molecule is CC1(C)CC(CC(F)(F)CNc2cccc(S(=O)(=O)NC(=O)c3ccc(-n4ccc(OCCC5C6(CC6)C56CC6)n4)nc3)n2)CN1. The fourth-order valence-electron chi connectivity index (χ4n) is 7.85. The fraction of sp³-hybridized carbons (Fsp3) is 0.562. The lowest BCUT2D eigenvalue weighted by Gasteiger charge is -2.22. The van der Waals surface area contributed by atoms with Crippen LogP contribution in [0, 0.1) is 22.7 Å². The Bertz CT molecular complexity index is 1720. The van der Waals surface area contributed by atoms with Gasteiger partial charge in [0, 0.05) is 30.4 Å². The molecule has 11 nitrogen and oxygen atoms in total. The van der Waals surface area contributed by atoms with Crippen LogP contribution in [0.25, 0.3) is 5.82 Å². The van der Waals surface area contributed by atoms with Gasteiger partial charge in [0.1, 0.15) is 5.82 Å².